The maximum Gasteiger partial charge on any atom is 0.0486 e. The highest BCUT2D eigenvalue weighted by Gasteiger charge is 2.05. The van der Waals surface area contributed by atoms with Crippen molar-refractivity contribution in [3.8, 4) is 0 Å². The van der Waals surface area contributed by atoms with Crippen LogP contribution in [0.2, 0.25) is 0 Å². The molecule has 0 radical (unpaired) electrons. The van der Waals surface area contributed by atoms with Crippen LogP contribution in [-0.4, -0.2) is 11.1 Å². The van der Waals surface area contributed by atoms with E-state index in [4.69, 9.17) is 0 Å². The van der Waals surface area contributed by atoms with Gasteiger partial charge in [-0.1, -0.05) is 38.1 Å². The predicted molar refractivity (Wildman–Crippen MR) is 78.7 cm³/mol. The Morgan fingerprint density at radius 1 is 1.28 bits per heavy atom. The Hall–Kier alpha value is -1.54. The number of rotatable bonds is 6. The van der Waals surface area contributed by atoms with Gasteiger partial charge in [0.2, 0.25) is 0 Å². The van der Waals surface area contributed by atoms with Gasteiger partial charge in [-0.15, -0.1) is 0 Å². The molecule has 1 aromatic carbocycles. The van der Waals surface area contributed by atoms with Gasteiger partial charge in [-0.25, -0.2) is 0 Å². The van der Waals surface area contributed by atoms with Crippen LogP contribution in [0.4, 0.5) is 0 Å². The van der Waals surface area contributed by atoms with Crippen LogP contribution in [0, 0.1) is 0 Å². The summed E-state index contributed by atoms with van der Waals surface area (Å²) >= 11 is 0. The second-order valence-electron chi connectivity index (χ2n) is 4.68. The van der Waals surface area contributed by atoms with Gasteiger partial charge in [-0.2, -0.15) is 0 Å². The second kappa shape index (κ2) is 5.87. The molecule has 1 N–H and O–H groups in total. The molecule has 0 aliphatic heterocycles. The average Bonchev–Trinajstić information content (AvgIpc) is 2.80. The first kappa shape index (κ1) is 12.9. The summed E-state index contributed by atoms with van der Waals surface area (Å²) in [6.07, 6.45) is 3.21. The van der Waals surface area contributed by atoms with E-state index in [0.717, 1.165) is 26.1 Å². The summed E-state index contributed by atoms with van der Waals surface area (Å²) in [6.45, 7) is 11.2. The minimum absolute atomic E-state index is 0.921. The number of allylic oxidation sites excluding steroid dienone is 1. The Morgan fingerprint density at radius 2 is 2.11 bits per heavy atom. The van der Waals surface area contributed by atoms with Gasteiger partial charge in [-0.05, 0) is 30.7 Å². The lowest BCUT2D eigenvalue weighted by Crippen LogP contribution is -2.11. The van der Waals surface area contributed by atoms with Crippen molar-refractivity contribution >= 4 is 10.9 Å². The van der Waals surface area contributed by atoms with Crippen LogP contribution >= 0.6 is 0 Å². The van der Waals surface area contributed by atoms with Crippen molar-refractivity contribution in [1.82, 2.24) is 9.88 Å². The summed E-state index contributed by atoms with van der Waals surface area (Å²) < 4.78 is 2.29. The molecule has 2 rings (SSSR count). The highest BCUT2D eigenvalue weighted by atomic mass is 15.0. The van der Waals surface area contributed by atoms with Crippen LogP contribution in [-0.2, 0) is 13.1 Å². The van der Waals surface area contributed by atoms with E-state index < -0.39 is 0 Å². The predicted octanol–water partition coefficient (Wildman–Crippen LogP) is 3.72. The van der Waals surface area contributed by atoms with Crippen molar-refractivity contribution in [3.05, 3.63) is 48.2 Å². The maximum atomic E-state index is 4.09. The van der Waals surface area contributed by atoms with Crippen LogP contribution in [0.25, 0.3) is 10.9 Å². The van der Waals surface area contributed by atoms with E-state index in [1.807, 2.05) is 0 Å². The molecule has 18 heavy (non-hydrogen) atoms. The zero-order valence-electron chi connectivity index (χ0n) is 11.4. The summed E-state index contributed by atoms with van der Waals surface area (Å²) in [6, 6.07) is 8.74. The first-order chi connectivity index (χ1) is 8.76. The fourth-order valence-electron chi connectivity index (χ4n) is 2.19. The number of fused-ring (bicyclic) bond motifs is 1. The smallest absolute Gasteiger partial charge is 0.0486 e. The molecule has 0 spiro atoms. The topological polar surface area (TPSA) is 17.0 Å². The first-order valence-corrected chi connectivity index (χ1v) is 6.70. The average molecular weight is 242 g/mol. The Morgan fingerprint density at radius 3 is 2.83 bits per heavy atom. The molecule has 1 heterocycles. The molecule has 96 valence electrons. The van der Waals surface area contributed by atoms with E-state index in [2.05, 4.69) is 60.8 Å². The van der Waals surface area contributed by atoms with Gasteiger partial charge >= 0.3 is 0 Å². The van der Waals surface area contributed by atoms with E-state index >= 15 is 0 Å². The van der Waals surface area contributed by atoms with E-state index in [9.17, 15) is 0 Å². The van der Waals surface area contributed by atoms with E-state index in [1.165, 1.54) is 22.0 Å². The van der Waals surface area contributed by atoms with Gasteiger partial charge in [0, 0.05) is 30.2 Å². The monoisotopic (exact) mass is 242 g/mol. The fraction of sp³-hybridized carbons (Fsp3) is 0.375. The molecule has 1 aromatic heterocycles. The van der Waals surface area contributed by atoms with Crippen LogP contribution in [0.15, 0.2) is 42.6 Å². The van der Waals surface area contributed by atoms with Crippen molar-refractivity contribution in [2.45, 2.75) is 33.4 Å². The Balaban J connectivity index is 2.32. The zero-order chi connectivity index (χ0) is 13.0. The number of hydrogen-bond donors (Lipinski definition) is 1. The number of nitrogens with one attached hydrogen (secondary N) is 1. The Kier molecular flexibility index (Phi) is 4.21. The molecule has 2 aromatic rings. The van der Waals surface area contributed by atoms with Crippen LogP contribution < -0.4 is 5.32 Å². The summed E-state index contributed by atoms with van der Waals surface area (Å²) in [7, 11) is 0. The molecule has 0 saturated heterocycles. The lowest BCUT2D eigenvalue weighted by Gasteiger charge is -2.08. The third-order valence-electron chi connectivity index (χ3n) is 3.36. The molecule has 2 heteroatoms. The third kappa shape index (κ3) is 2.65. The number of nitrogens with zero attached hydrogens (tertiary/aromatic N) is 1. The van der Waals surface area contributed by atoms with Crippen molar-refractivity contribution in [1.29, 1.82) is 0 Å². The fourth-order valence-corrected chi connectivity index (χ4v) is 2.19. The molecule has 0 unspecified atom stereocenters. The maximum absolute atomic E-state index is 4.09. The normalized spacial score (nSPS) is 11.0. The molecule has 0 saturated carbocycles. The van der Waals surface area contributed by atoms with Crippen molar-refractivity contribution < 1.29 is 0 Å². The van der Waals surface area contributed by atoms with Crippen LogP contribution in [0.3, 0.4) is 0 Å². The van der Waals surface area contributed by atoms with Crippen molar-refractivity contribution in [3.63, 3.8) is 0 Å². The molecule has 0 fully saturated rings. The molecule has 2 nitrogen and oxygen atoms in total. The first-order valence-electron chi connectivity index (χ1n) is 6.70. The molecule has 0 bridgehead atoms. The number of hydrogen-bond acceptors (Lipinski definition) is 1. The molecule has 0 aliphatic rings. The molecular weight excluding hydrogens is 220 g/mol. The summed E-state index contributed by atoms with van der Waals surface area (Å²) in [4.78, 5) is 0. The molecule has 0 amide bonds. The van der Waals surface area contributed by atoms with E-state index in [0.29, 0.717) is 0 Å². The lowest BCUT2D eigenvalue weighted by atomic mass is 10.1. The van der Waals surface area contributed by atoms with Crippen molar-refractivity contribution in [2.24, 2.45) is 0 Å². The number of benzene rings is 1. The second-order valence-corrected chi connectivity index (χ2v) is 4.68. The summed E-state index contributed by atoms with van der Waals surface area (Å²) in [5.41, 5.74) is 3.94. The van der Waals surface area contributed by atoms with Gasteiger partial charge < -0.3 is 9.88 Å². The number of aromatic nitrogens is 1. The van der Waals surface area contributed by atoms with Gasteiger partial charge in [0.05, 0.1) is 0 Å². The zero-order valence-corrected chi connectivity index (χ0v) is 11.4. The van der Waals surface area contributed by atoms with Gasteiger partial charge in [0.25, 0.3) is 0 Å². The van der Waals surface area contributed by atoms with Gasteiger partial charge in [-0.3, -0.25) is 0 Å². The highest BCUT2D eigenvalue weighted by molar-refractivity contribution is 5.83. The summed E-state index contributed by atoms with van der Waals surface area (Å²) in [5, 5.41) is 4.74. The van der Waals surface area contributed by atoms with Crippen LogP contribution in [0.5, 0.6) is 0 Å². The Bertz CT molecular complexity index is 537. The quantitative estimate of drug-likeness (QED) is 0.764. The minimum Gasteiger partial charge on any atom is -0.343 e. The molecule has 0 atom stereocenters. The Labute approximate surface area is 109 Å². The van der Waals surface area contributed by atoms with E-state index in [1.54, 1.807) is 0 Å². The van der Waals surface area contributed by atoms with E-state index in [-0.39, 0.29) is 0 Å². The van der Waals surface area contributed by atoms with Gasteiger partial charge in [0.15, 0.2) is 0 Å². The third-order valence-corrected chi connectivity index (χ3v) is 3.36. The largest absolute Gasteiger partial charge is 0.343 e. The molecular formula is C16H22N2. The molecule has 0 aliphatic carbocycles. The summed E-state index contributed by atoms with van der Waals surface area (Å²) in [5.74, 6) is 0. The lowest BCUT2D eigenvalue weighted by molar-refractivity contribution is 0.730. The van der Waals surface area contributed by atoms with Crippen LogP contribution in [0.1, 0.15) is 25.8 Å². The standard InChI is InChI=1S/C16H22N2/c1-4-13(3)12-18-10-9-15-14(11-17-5-2)7-6-8-16(15)18/h6-10,17H,3-5,11-12H2,1-2H3. The van der Waals surface area contributed by atoms with Gasteiger partial charge in [0.1, 0.15) is 0 Å². The minimum atomic E-state index is 0.921. The van der Waals surface area contributed by atoms with Crippen molar-refractivity contribution in [2.75, 3.05) is 6.54 Å². The highest BCUT2D eigenvalue weighted by Crippen LogP contribution is 2.21. The SMILES string of the molecule is C=C(CC)Cn1ccc2c(CNCC)cccc21.